The van der Waals surface area contributed by atoms with Crippen molar-refractivity contribution in [1.82, 2.24) is 0 Å². The molecule has 0 aromatic carbocycles. The molecular formula is H4MgO4Se. The van der Waals surface area contributed by atoms with Crippen LogP contribution in [0, 0.1) is 0 Å². The van der Waals surface area contributed by atoms with E-state index in [1.807, 2.05) is 0 Å². The van der Waals surface area contributed by atoms with Crippen molar-refractivity contribution in [3.63, 3.8) is 0 Å². The van der Waals surface area contributed by atoms with Gasteiger partial charge in [-0.25, -0.2) is 0 Å². The van der Waals surface area contributed by atoms with E-state index in [2.05, 4.69) is 0 Å². The molecular weight excluding hydrogens is 167 g/mol. The van der Waals surface area contributed by atoms with Gasteiger partial charge in [0, 0.05) is 0 Å². The second-order valence-electron chi connectivity index (χ2n) is 0.448. The van der Waals surface area contributed by atoms with E-state index in [1.54, 1.807) is 0 Å². The quantitative estimate of drug-likeness (QED) is 0.418. The Labute approximate surface area is 55.6 Å². The normalized spacial score (nSPS) is 9.67. The maximum atomic E-state index is 8.82. The van der Waals surface area contributed by atoms with Crippen LogP contribution in [0.2, 0.25) is 0 Å². The largest absolute Gasteiger partial charge is 2.00 e. The third kappa shape index (κ3) is 107. The third-order valence-corrected chi connectivity index (χ3v) is 0. The van der Waals surface area contributed by atoms with E-state index < -0.39 is 13.4 Å². The Balaban J connectivity index is -0.0000000267. The third-order valence-electron chi connectivity index (χ3n) is 0. The standard InChI is InChI=1S/Mg.H2O4Se.2H/c;1-5(2,3)4;;/h;(H2,1,2,3,4);;/q+2;;2*-1. The van der Waals surface area contributed by atoms with Gasteiger partial charge in [-0.3, -0.25) is 0 Å². The van der Waals surface area contributed by atoms with Gasteiger partial charge in [0.15, 0.2) is 0 Å². The van der Waals surface area contributed by atoms with Crippen LogP contribution < -0.4 is 0 Å². The van der Waals surface area contributed by atoms with E-state index in [0.717, 1.165) is 0 Å². The fourth-order valence-corrected chi connectivity index (χ4v) is 0. The second-order valence-corrected chi connectivity index (χ2v) is 2.33. The molecule has 0 atom stereocenters. The van der Waals surface area contributed by atoms with E-state index in [4.69, 9.17) is 16.0 Å². The van der Waals surface area contributed by atoms with E-state index in [-0.39, 0.29) is 25.9 Å². The van der Waals surface area contributed by atoms with Crippen molar-refractivity contribution >= 4 is 36.4 Å². The molecule has 0 amide bonds. The van der Waals surface area contributed by atoms with Crippen LogP contribution in [0.4, 0.5) is 0 Å². The summed E-state index contributed by atoms with van der Waals surface area (Å²) in [7, 11) is 0. The molecule has 36 valence electrons. The van der Waals surface area contributed by atoms with Gasteiger partial charge in [0.05, 0.1) is 0 Å². The molecule has 0 unspecified atom stereocenters. The van der Waals surface area contributed by atoms with Crippen molar-refractivity contribution in [2.24, 2.45) is 0 Å². The van der Waals surface area contributed by atoms with Crippen LogP contribution in [0.15, 0.2) is 0 Å². The Kier molecular flexibility index (Phi) is 4.79. The van der Waals surface area contributed by atoms with Crippen LogP contribution in [-0.2, 0) is 7.67 Å². The molecule has 0 fully saturated rings. The molecule has 0 aromatic rings. The summed E-state index contributed by atoms with van der Waals surface area (Å²) in [4.78, 5) is 0. The Morgan fingerprint density at radius 1 is 1.33 bits per heavy atom. The van der Waals surface area contributed by atoms with E-state index >= 15 is 0 Å². The van der Waals surface area contributed by atoms with Gasteiger partial charge in [0.25, 0.3) is 0 Å². The monoisotopic (exact) mass is 172 g/mol. The molecule has 0 spiro atoms. The average Bonchev–Trinajstić information content (AvgIpc) is 0.722. The zero-order valence-corrected chi connectivity index (χ0v) is 5.95. The summed E-state index contributed by atoms with van der Waals surface area (Å²) in [5.41, 5.74) is 0. The first-order valence-electron chi connectivity index (χ1n) is 0.698. The van der Waals surface area contributed by atoms with Gasteiger partial charge in [0.2, 0.25) is 0 Å². The average molecular weight is 171 g/mol. The van der Waals surface area contributed by atoms with Gasteiger partial charge in [-0.15, -0.1) is 0 Å². The topological polar surface area (TPSA) is 74.6 Å². The van der Waals surface area contributed by atoms with Crippen molar-refractivity contribution in [3.8, 4) is 0 Å². The van der Waals surface area contributed by atoms with Crippen molar-refractivity contribution < 1.29 is 18.9 Å². The van der Waals surface area contributed by atoms with Crippen LogP contribution in [0.1, 0.15) is 2.85 Å². The molecule has 0 heterocycles. The molecule has 0 aliphatic heterocycles. The molecule has 0 aromatic heterocycles. The molecule has 0 saturated carbocycles. The number of hydrogen-bond donors (Lipinski definition) is 2. The minimum absolute atomic E-state index is 0. The van der Waals surface area contributed by atoms with Crippen LogP contribution in [0.3, 0.4) is 0 Å². The van der Waals surface area contributed by atoms with Gasteiger partial charge in [-0.2, -0.15) is 0 Å². The van der Waals surface area contributed by atoms with Gasteiger partial charge in [-0.05, 0) is 0 Å². The molecule has 2 N–H and O–H groups in total. The molecule has 0 saturated heterocycles. The SMILES string of the molecule is O=[Se](=O)(O)O.[H-].[H-].[Mg+2]. The summed E-state index contributed by atoms with van der Waals surface area (Å²) in [6.07, 6.45) is 0. The van der Waals surface area contributed by atoms with Gasteiger partial charge in [-0.1, -0.05) is 0 Å². The first kappa shape index (κ1) is 9.93. The van der Waals surface area contributed by atoms with Gasteiger partial charge < -0.3 is 2.85 Å². The number of hydrogen-bond acceptors (Lipinski definition) is 2. The van der Waals surface area contributed by atoms with Crippen LogP contribution >= 0.6 is 0 Å². The summed E-state index contributed by atoms with van der Waals surface area (Å²) in [5, 5.41) is 0. The van der Waals surface area contributed by atoms with Crippen molar-refractivity contribution in [2.45, 2.75) is 0 Å². The van der Waals surface area contributed by atoms with Gasteiger partial charge in [0.1, 0.15) is 0 Å². The molecule has 6 heavy (non-hydrogen) atoms. The zero-order chi connectivity index (χ0) is 4.50. The second kappa shape index (κ2) is 2.89. The smallest absolute Gasteiger partial charge is 1.00 e. The predicted molar refractivity (Wildman–Crippen MR) is 19.5 cm³/mol. The fraction of sp³-hybridized carbons (Fsp3) is 0. The Morgan fingerprint density at radius 2 is 1.33 bits per heavy atom. The number of rotatable bonds is 0. The molecule has 0 radical (unpaired) electrons. The molecule has 4 nitrogen and oxygen atoms in total. The first-order valence-corrected chi connectivity index (χ1v) is 3.63. The van der Waals surface area contributed by atoms with Crippen molar-refractivity contribution in [1.29, 1.82) is 0 Å². The molecule has 0 aliphatic carbocycles. The van der Waals surface area contributed by atoms with Crippen molar-refractivity contribution in [3.05, 3.63) is 0 Å². The maximum absolute atomic E-state index is 8.82. The Bertz CT molecular complexity index is 97.2. The minimum atomic E-state index is -5.25. The summed E-state index contributed by atoms with van der Waals surface area (Å²) < 4.78 is 31.9. The minimum Gasteiger partial charge on any atom is -1.00 e. The maximum Gasteiger partial charge on any atom is 2.00 e. The first-order chi connectivity index (χ1) is 2.00. The summed E-state index contributed by atoms with van der Waals surface area (Å²) in [5.74, 6) is 0. The van der Waals surface area contributed by atoms with E-state index in [1.165, 1.54) is 0 Å². The molecule has 0 bridgehead atoms. The molecule has 0 rings (SSSR count). The molecule has 0 aliphatic rings. The molecule has 6 heteroatoms. The predicted octanol–water partition coefficient (Wildman–Crippen LogP) is -1.89. The van der Waals surface area contributed by atoms with Crippen LogP contribution in [0.25, 0.3) is 0 Å². The Hall–Kier alpha value is 0.806. The van der Waals surface area contributed by atoms with Crippen LogP contribution in [0.5, 0.6) is 0 Å². The summed E-state index contributed by atoms with van der Waals surface area (Å²) in [6, 6.07) is 0. The van der Waals surface area contributed by atoms with E-state index in [9.17, 15) is 0 Å². The van der Waals surface area contributed by atoms with E-state index in [0.29, 0.717) is 0 Å². The summed E-state index contributed by atoms with van der Waals surface area (Å²) in [6.45, 7) is 0. The van der Waals surface area contributed by atoms with Crippen molar-refractivity contribution in [2.75, 3.05) is 0 Å². The zero-order valence-electron chi connectivity index (χ0n) is 4.83. The van der Waals surface area contributed by atoms with Crippen LogP contribution in [-0.4, -0.2) is 44.8 Å². The fourth-order valence-electron chi connectivity index (χ4n) is 0. The van der Waals surface area contributed by atoms with Gasteiger partial charge >= 0.3 is 52.5 Å². The summed E-state index contributed by atoms with van der Waals surface area (Å²) >= 11 is -5.25. The Morgan fingerprint density at radius 3 is 1.33 bits per heavy atom.